The van der Waals surface area contributed by atoms with E-state index in [0.717, 1.165) is 6.42 Å². The third-order valence-corrected chi connectivity index (χ3v) is 4.10. The van der Waals surface area contributed by atoms with Crippen molar-refractivity contribution in [3.05, 3.63) is 70.8 Å². The number of ether oxygens (including phenoxy) is 2. The van der Waals surface area contributed by atoms with E-state index in [1.165, 1.54) is 18.2 Å². The number of hydrogen-bond donors (Lipinski definition) is 1. The maximum Gasteiger partial charge on any atom is 0.337 e. The van der Waals surface area contributed by atoms with Crippen LogP contribution in [-0.2, 0) is 22.5 Å². The van der Waals surface area contributed by atoms with Crippen LogP contribution < -0.4 is 5.32 Å². The third-order valence-electron chi connectivity index (χ3n) is 4.10. The molecule has 0 saturated carbocycles. The lowest BCUT2D eigenvalue weighted by atomic mass is 9.99. The Labute approximate surface area is 140 Å². The fourth-order valence-corrected chi connectivity index (χ4v) is 2.72. The van der Waals surface area contributed by atoms with Crippen molar-refractivity contribution in [2.45, 2.75) is 19.1 Å². The molecule has 0 aromatic heterocycles. The van der Waals surface area contributed by atoms with E-state index in [9.17, 15) is 9.59 Å². The van der Waals surface area contributed by atoms with Gasteiger partial charge in [-0.25, -0.2) is 4.79 Å². The SMILES string of the molecule is COC(=O)c1ccc(C(=O)NCC2Cc3ccccc3CO2)cc1. The Morgan fingerprint density at radius 3 is 2.46 bits per heavy atom. The summed E-state index contributed by atoms with van der Waals surface area (Å²) in [4.78, 5) is 23.6. The first-order valence-corrected chi connectivity index (χ1v) is 7.82. The number of benzene rings is 2. The summed E-state index contributed by atoms with van der Waals surface area (Å²) in [6.07, 6.45) is 0.760. The Hall–Kier alpha value is -2.66. The minimum Gasteiger partial charge on any atom is -0.465 e. The Balaban J connectivity index is 1.55. The number of carbonyl (C=O) groups is 2. The van der Waals surface area contributed by atoms with Crippen LogP contribution in [0.1, 0.15) is 31.8 Å². The van der Waals surface area contributed by atoms with Crippen molar-refractivity contribution in [2.24, 2.45) is 0 Å². The molecule has 0 saturated heterocycles. The molecule has 5 heteroatoms. The molecule has 2 aromatic carbocycles. The van der Waals surface area contributed by atoms with Crippen molar-refractivity contribution < 1.29 is 19.1 Å². The number of nitrogens with one attached hydrogen (secondary N) is 1. The molecule has 5 nitrogen and oxygen atoms in total. The zero-order chi connectivity index (χ0) is 16.9. The van der Waals surface area contributed by atoms with Crippen molar-refractivity contribution >= 4 is 11.9 Å². The van der Waals surface area contributed by atoms with Gasteiger partial charge in [-0.3, -0.25) is 4.79 Å². The van der Waals surface area contributed by atoms with Gasteiger partial charge in [0.1, 0.15) is 0 Å². The lowest BCUT2D eigenvalue weighted by Crippen LogP contribution is -2.36. The molecule has 0 aliphatic carbocycles. The zero-order valence-corrected chi connectivity index (χ0v) is 13.5. The zero-order valence-electron chi connectivity index (χ0n) is 13.5. The molecule has 1 aliphatic heterocycles. The van der Waals surface area contributed by atoms with Crippen molar-refractivity contribution in [2.75, 3.05) is 13.7 Å². The minimum atomic E-state index is -0.420. The average molecular weight is 325 g/mol. The maximum atomic E-state index is 12.2. The largest absolute Gasteiger partial charge is 0.465 e. The van der Waals surface area contributed by atoms with Gasteiger partial charge in [0.2, 0.25) is 0 Å². The van der Waals surface area contributed by atoms with Crippen LogP contribution in [0.15, 0.2) is 48.5 Å². The van der Waals surface area contributed by atoms with Gasteiger partial charge in [0, 0.05) is 18.5 Å². The molecule has 3 rings (SSSR count). The number of fused-ring (bicyclic) bond motifs is 1. The van der Waals surface area contributed by atoms with Gasteiger partial charge in [-0.2, -0.15) is 0 Å². The van der Waals surface area contributed by atoms with Crippen molar-refractivity contribution in [1.82, 2.24) is 5.32 Å². The predicted molar refractivity (Wildman–Crippen MR) is 88.8 cm³/mol. The van der Waals surface area contributed by atoms with Gasteiger partial charge in [-0.05, 0) is 35.4 Å². The molecule has 1 heterocycles. The number of amides is 1. The topological polar surface area (TPSA) is 64.6 Å². The van der Waals surface area contributed by atoms with Gasteiger partial charge >= 0.3 is 5.97 Å². The first kappa shape index (κ1) is 16.2. The van der Waals surface area contributed by atoms with Crippen LogP contribution in [0.5, 0.6) is 0 Å². The first-order valence-electron chi connectivity index (χ1n) is 7.82. The summed E-state index contributed by atoms with van der Waals surface area (Å²) in [7, 11) is 1.32. The molecule has 2 aromatic rings. The van der Waals surface area contributed by atoms with Crippen molar-refractivity contribution in [3.63, 3.8) is 0 Å². The highest BCUT2D eigenvalue weighted by molar-refractivity contribution is 5.96. The van der Waals surface area contributed by atoms with Crippen LogP contribution in [0.3, 0.4) is 0 Å². The number of carbonyl (C=O) groups excluding carboxylic acids is 2. The van der Waals surface area contributed by atoms with Crippen molar-refractivity contribution in [1.29, 1.82) is 0 Å². The first-order chi connectivity index (χ1) is 11.7. The standard InChI is InChI=1S/C19H19NO4/c1-23-19(22)14-8-6-13(7-9-14)18(21)20-11-17-10-15-4-2-3-5-16(15)12-24-17/h2-9,17H,10-12H2,1H3,(H,20,21). The van der Waals surface area contributed by atoms with Crippen LogP contribution >= 0.6 is 0 Å². The Bertz CT molecular complexity index is 739. The minimum absolute atomic E-state index is 0.0295. The number of methoxy groups -OCH3 is 1. The molecule has 1 unspecified atom stereocenters. The Morgan fingerprint density at radius 2 is 1.75 bits per heavy atom. The van der Waals surface area contributed by atoms with E-state index in [0.29, 0.717) is 24.3 Å². The van der Waals surface area contributed by atoms with Gasteiger partial charge in [0.25, 0.3) is 5.91 Å². The van der Waals surface area contributed by atoms with E-state index >= 15 is 0 Å². The Morgan fingerprint density at radius 1 is 1.08 bits per heavy atom. The summed E-state index contributed by atoms with van der Waals surface area (Å²) in [6, 6.07) is 14.6. The molecule has 1 amide bonds. The van der Waals surface area contributed by atoms with Crippen LogP contribution in [0.2, 0.25) is 0 Å². The van der Waals surface area contributed by atoms with E-state index in [1.807, 2.05) is 12.1 Å². The third kappa shape index (κ3) is 3.63. The molecule has 1 aliphatic rings. The lowest BCUT2D eigenvalue weighted by molar-refractivity contribution is 0.0285. The van der Waals surface area contributed by atoms with Gasteiger partial charge in [-0.15, -0.1) is 0 Å². The van der Waals surface area contributed by atoms with Crippen LogP contribution in [-0.4, -0.2) is 31.6 Å². The summed E-state index contributed by atoms with van der Waals surface area (Å²) in [5, 5.41) is 2.88. The molecule has 0 spiro atoms. The maximum absolute atomic E-state index is 12.2. The molecule has 0 fully saturated rings. The highest BCUT2D eigenvalue weighted by Gasteiger charge is 2.19. The summed E-state index contributed by atoms with van der Waals surface area (Å²) in [5.41, 5.74) is 3.39. The number of rotatable bonds is 4. The monoisotopic (exact) mass is 325 g/mol. The molecule has 0 bridgehead atoms. The van der Waals surface area contributed by atoms with Crippen molar-refractivity contribution in [3.8, 4) is 0 Å². The molecular weight excluding hydrogens is 306 g/mol. The van der Waals surface area contributed by atoms with Gasteiger partial charge < -0.3 is 14.8 Å². The fourth-order valence-electron chi connectivity index (χ4n) is 2.72. The second-order valence-corrected chi connectivity index (χ2v) is 5.68. The number of hydrogen-bond acceptors (Lipinski definition) is 4. The highest BCUT2D eigenvalue weighted by Crippen LogP contribution is 2.19. The molecule has 1 N–H and O–H groups in total. The Kier molecular flexibility index (Phi) is 4.91. The lowest BCUT2D eigenvalue weighted by Gasteiger charge is -2.25. The van der Waals surface area contributed by atoms with E-state index in [2.05, 4.69) is 22.2 Å². The van der Waals surface area contributed by atoms with Gasteiger partial charge in [0.05, 0.1) is 25.4 Å². The summed E-state index contributed by atoms with van der Waals surface area (Å²) < 4.78 is 10.4. The highest BCUT2D eigenvalue weighted by atomic mass is 16.5. The summed E-state index contributed by atoms with van der Waals surface area (Å²) >= 11 is 0. The normalized spacial score (nSPS) is 16.1. The van der Waals surface area contributed by atoms with E-state index in [4.69, 9.17) is 4.74 Å². The summed E-state index contributed by atoms with van der Waals surface area (Å²) in [6.45, 7) is 1.02. The summed E-state index contributed by atoms with van der Waals surface area (Å²) in [5.74, 6) is -0.606. The van der Waals surface area contributed by atoms with Gasteiger partial charge in [-0.1, -0.05) is 24.3 Å². The van der Waals surface area contributed by atoms with Crippen LogP contribution in [0.4, 0.5) is 0 Å². The molecular formula is C19H19NO4. The quantitative estimate of drug-likeness (QED) is 0.877. The second kappa shape index (κ2) is 7.27. The predicted octanol–water partition coefficient (Wildman–Crippen LogP) is 2.34. The molecule has 124 valence electrons. The number of esters is 1. The fraction of sp³-hybridized carbons (Fsp3) is 0.263. The molecule has 24 heavy (non-hydrogen) atoms. The van der Waals surface area contributed by atoms with Crippen LogP contribution in [0, 0.1) is 0 Å². The smallest absolute Gasteiger partial charge is 0.337 e. The van der Waals surface area contributed by atoms with Gasteiger partial charge in [0.15, 0.2) is 0 Å². The van der Waals surface area contributed by atoms with E-state index < -0.39 is 5.97 Å². The average Bonchev–Trinajstić information content (AvgIpc) is 2.65. The molecule has 1 atom stereocenters. The van der Waals surface area contributed by atoms with E-state index in [-0.39, 0.29) is 12.0 Å². The van der Waals surface area contributed by atoms with Crippen LogP contribution in [0.25, 0.3) is 0 Å². The second-order valence-electron chi connectivity index (χ2n) is 5.68. The molecule has 0 radical (unpaired) electrons. The van der Waals surface area contributed by atoms with E-state index in [1.54, 1.807) is 24.3 Å².